The molecule has 3 aromatic rings. The summed E-state index contributed by atoms with van der Waals surface area (Å²) in [5, 5.41) is 2.91. The van der Waals surface area contributed by atoms with E-state index in [9.17, 15) is 4.79 Å². The van der Waals surface area contributed by atoms with E-state index < -0.39 is 0 Å². The fourth-order valence-corrected chi connectivity index (χ4v) is 4.18. The van der Waals surface area contributed by atoms with Crippen molar-refractivity contribution in [1.82, 2.24) is 10.3 Å². The van der Waals surface area contributed by atoms with E-state index >= 15 is 0 Å². The first-order valence-electron chi connectivity index (χ1n) is 11.5. The van der Waals surface area contributed by atoms with Gasteiger partial charge in [0.1, 0.15) is 17.6 Å². The Kier molecular flexibility index (Phi) is 5.94. The van der Waals surface area contributed by atoms with Crippen molar-refractivity contribution < 1.29 is 18.7 Å². The molecule has 1 aliphatic heterocycles. The van der Waals surface area contributed by atoms with Crippen molar-refractivity contribution >= 4 is 11.6 Å². The number of benzene rings is 2. The third kappa shape index (κ3) is 5.13. The van der Waals surface area contributed by atoms with Gasteiger partial charge in [-0.2, -0.15) is 0 Å². The standard InChI is InChI=1S/C26H29N3O4/c1-17-13-22(32-21-7-8-21)9-10-24(17)29-12-11-23(15-29)33-20-5-3-19(4-6-20)18(2)28-26(30)25-14-27-16-31-25/h3-6,9-10,13-14,16,18,21,23H,7-8,11-12,15H2,1-2H3,(H,28,30)/t18-,23+/m0/s1. The van der Waals surface area contributed by atoms with Gasteiger partial charge in [-0.25, -0.2) is 4.98 Å². The van der Waals surface area contributed by atoms with Crippen molar-refractivity contribution in [1.29, 1.82) is 0 Å². The van der Waals surface area contributed by atoms with Crippen LogP contribution in [0, 0.1) is 6.92 Å². The molecule has 2 aromatic carbocycles. The molecule has 7 heteroatoms. The zero-order valence-electron chi connectivity index (χ0n) is 19.0. The first-order chi connectivity index (χ1) is 16.0. The summed E-state index contributed by atoms with van der Waals surface area (Å²) < 4.78 is 17.2. The van der Waals surface area contributed by atoms with Crippen molar-refractivity contribution in [2.24, 2.45) is 0 Å². The van der Waals surface area contributed by atoms with Gasteiger partial charge >= 0.3 is 0 Å². The topological polar surface area (TPSA) is 76.8 Å². The van der Waals surface area contributed by atoms with Crippen molar-refractivity contribution in [2.45, 2.75) is 51.4 Å². The molecule has 2 fully saturated rings. The van der Waals surface area contributed by atoms with Crippen LogP contribution in [-0.4, -0.2) is 36.2 Å². The molecule has 0 radical (unpaired) electrons. The van der Waals surface area contributed by atoms with Crippen LogP contribution in [0.25, 0.3) is 0 Å². The third-order valence-electron chi connectivity index (χ3n) is 6.17. The van der Waals surface area contributed by atoms with Gasteiger partial charge in [-0.1, -0.05) is 12.1 Å². The lowest BCUT2D eigenvalue weighted by molar-refractivity contribution is 0.0912. The number of anilines is 1. The number of carbonyl (C=O) groups excluding carboxylic acids is 1. The molecule has 2 heterocycles. The van der Waals surface area contributed by atoms with Crippen LogP contribution in [0.3, 0.4) is 0 Å². The molecule has 33 heavy (non-hydrogen) atoms. The highest BCUT2D eigenvalue weighted by molar-refractivity contribution is 5.91. The lowest BCUT2D eigenvalue weighted by atomic mass is 10.1. The second-order valence-electron chi connectivity index (χ2n) is 8.87. The van der Waals surface area contributed by atoms with Gasteiger partial charge in [0.05, 0.1) is 24.9 Å². The number of aryl methyl sites for hydroxylation is 1. The van der Waals surface area contributed by atoms with E-state index in [0.717, 1.165) is 36.6 Å². The van der Waals surface area contributed by atoms with Gasteiger partial charge in [0.2, 0.25) is 5.76 Å². The number of carbonyl (C=O) groups is 1. The van der Waals surface area contributed by atoms with Crippen LogP contribution in [0.15, 0.2) is 59.5 Å². The number of nitrogens with one attached hydrogen (secondary N) is 1. The van der Waals surface area contributed by atoms with Crippen molar-refractivity contribution in [3.05, 3.63) is 71.9 Å². The Morgan fingerprint density at radius 2 is 1.85 bits per heavy atom. The number of oxazole rings is 1. The summed E-state index contributed by atoms with van der Waals surface area (Å²) in [6.45, 7) is 5.90. The average molecular weight is 448 g/mol. The maximum absolute atomic E-state index is 12.1. The second-order valence-corrected chi connectivity index (χ2v) is 8.87. The molecule has 0 bridgehead atoms. The Bertz CT molecular complexity index is 1090. The lowest BCUT2D eigenvalue weighted by Crippen LogP contribution is -2.26. The number of aromatic nitrogens is 1. The van der Waals surface area contributed by atoms with Crippen LogP contribution >= 0.6 is 0 Å². The molecule has 2 aliphatic rings. The van der Waals surface area contributed by atoms with Crippen LogP contribution < -0.4 is 19.7 Å². The molecular weight excluding hydrogens is 418 g/mol. The Labute approximate surface area is 193 Å². The van der Waals surface area contributed by atoms with E-state index in [4.69, 9.17) is 13.9 Å². The normalized spacial score (nSPS) is 18.7. The van der Waals surface area contributed by atoms with Gasteiger partial charge in [-0.3, -0.25) is 4.79 Å². The van der Waals surface area contributed by atoms with E-state index in [2.05, 4.69) is 40.3 Å². The van der Waals surface area contributed by atoms with Gasteiger partial charge in [-0.15, -0.1) is 0 Å². The van der Waals surface area contributed by atoms with Crippen LogP contribution in [0.5, 0.6) is 11.5 Å². The average Bonchev–Trinajstić information content (AvgIpc) is 3.25. The monoisotopic (exact) mass is 447 g/mol. The number of hydrogen-bond donors (Lipinski definition) is 1. The summed E-state index contributed by atoms with van der Waals surface area (Å²) in [5.41, 5.74) is 3.47. The third-order valence-corrected chi connectivity index (χ3v) is 6.17. The molecule has 5 rings (SSSR count). The largest absolute Gasteiger partial charge is 0.490 e. The molecule has 1 amide bonds. The van der Waals surface area contributed by atoms with E-state index in [0.29, 0.717) is 6.10 Å². The minimum atomic E-state index is -0.284. The molecule has 1 aliphatic carbocycles. The summed E-state index contributed by atoms with van der Waals surface area (Å²) in [5.74, 6) is 1.73. The molecule has 1 N–H and O–H groups in total. The van der Waals surface area contributed by atoms with Gasteiger partial charge < -0.3 is 24.1 Å². The molecular formula is C26H29N3O4. The van der Waals surface area contributed by atoms with Gasteiger partial charge in [0.25, 0.3) is 5.91 Å². The van der Waals surface area contributed by atoms with Crippen LogP contribution in [0.4, 0.5) is 5.69 Å². The second kappa shape index (κ2) is 9.17. The zero-order chi connectivity index (χ0) is 22.8. The molecule has 2 atom stereocenters. The van der Waals surface area contributed by atoms with Crippen LogP contribution in [0.1, 0.15) is 53.9 Å². The fourth-order valence-electron chi connectivity index (χ4n) is 4.18. The first-order valence-corrected chi connectivity index (χ1v) is 11.5. The smallest absolute Gasteiger partial charge is 0.289 e. The van der Waals surface area contributed by atoms with Crippen molar-refractivity contribution in [3.63, 3.8) is 0 Å². The Morgan fingerprint density at radius 1 is 1.09 bits per heavy atom. The molecule has 1 saturated heterocycles. The van der Waals surface area contributed by atoms with E-state index in [1.807, 2.05) is 31.2 Å². The van der Waals surface area contributed by atoms with Crippen molar-refractivity contribution in [3.8, 4) is 11.5 Å². The van der Waals surface area contributed by atoms with E-state index in [1.165, 1.54) is 36.7 Å². The summed E-state index contributed by atoms with van der Waals surface area (Å²) in [6, 6.07) is 14.1. The van der Waals surface area contributed by atoms with Gasteiger partial charge in [0.15, 0.2) is 6.39 Å². The highest BCUT2D eigenvalue weighted by Crippen LogP contribution is 2.32. The Hall–Kier alpha value is -3.48. The zero-order valence-corrected chi connectivity index (χ0v) is 19.0. The molecule has 0 unspecified atom stereocenters. The molecule has 172 valence electrons. The number of nitrogens with zero attached hydrogens (tertiary/aromatic N) is 2. The number of rotatable bonds is 8. The van der Waals surface area contributed by atoms with Gasteiger partial charge in [-0.05, 0) is 68.1 Å². The van der Waals surface area contributed by atoms with Crippen molar-refractivity contribution in [2.75, 3.05) is 18.0 Å². The SMILES string of the molecule is Cc1cc(OC2CC2)ccc1N1CC[C@@H](Oc2ccc([C@H](C)NC(=O)c3cnco3)cc2)C1. The maximum atomic E-state index is 12.1. The molecule has 7 nitrogen and oxygen atoms in total. The Morgan fingerprint density at radius 3 is 2.55 bits per heavy atom. The predicted octanol–water partition coefficient (Wildman–Crippen LogP) is 4.67. The van der Waals surface area contributed by atoms with Gasteiger partial charge in [0, 0.05) is 18.7 Å². The minimum absolute atomic E-state index is 0.140. The first kappa shape index (κ1) is 21.4. The molecule has 0 spiro atoms. The summed E-state index contributed by atoms with van der Waals surface area (Å²) in [4.78, 5) is 18.3. The quantitative estimate of drug-likeness (QED) is 0.541. The minimum Gasteiger partial charge on any atom is -0.490 e. The number of amides is 1. The number of ether oxygens (including phenoxy) is 2. The highest BCUT2D eigenvalue weighted by Gasteiger charge is 2.27. The maximum Gasteiger partial charge on any atom is 0.289 e. The number of hydrogen-bond acceptors (Lipinski definition) is 6. The fraction of sp³-hybridized carbons (Fsp3) is 0.385. The van der Waals surface area contributed by atoms with Crippen LogP contribution in [0.2, 0.25) is 0 Å². The Balaban J connectivity index is 1.15. The molecule has 1 saturated carbocycles. The summed E-state index contributed by atoms with van der Waals surface area (Å²) in [7, 11) is 0. The summed E-state index contributed by atoms with van der Waals surface area (Å²) in [6.07, 6.45) is 6.52. The van der Waals surface area contributed by atoms with E-state index in [1.54, 1.807) is 0 Å². The molecule has 1 aromatic heterocycles. The van der Waals surface area contributed by atoms with Crippen LogP contribution in [-0.2, 0) is 0 Å². The lowest BCUT2D eigenvalue weighted by Gasteiger charge is -2.22. The predicted molar refractivity (Wildman–Crippen MR) is 125 cm³/mol. The summed E-state index contributed by atoms with van der Waals surface area (Å²) >= 11 is 0. The highest BCUT2D eigenvalue weighted by atomic mass is 16.5. The van der Waals surface area contributed by atoms with E-state index in [-0.39, 0.29) is 23.8 Å².